The summed E-state index contributed by atoms with van der Waals surface area (Å²) in [6.45, 7) is 7.34. The molecule has 1 aliphatic rings. The van der Waals surface area contributed by atoms with E-state index in [0.717, 1.165) is 16.9 Å². The number of rotatable bonds is 4. The third kappa shape index (κ3) is 2.72. The molecule has 0 atom stereocenters. The van der Waals surface area contributed by atoms with Crippen molar-refractivity contribution in [3.05, 3.63) is 29.6 Å². The van der Waals surface area contributed by atoms with Crippen LogP contribution < -0.4 is 5.73 Å². The zero-order chi connectivity index (χ0) is 14.3. The van der Waals surface area contributed by atoms with Crippen molar-refractivity contribution in [1.29, 1.82) is 0 Å². The summed E-state index contributed by atoms with van der Waals surface area (Å²) in [7, 11) is 0. The molecule has 0 aliphatic heterocycles. The fourth-order valence-corrected chi connectivity index (χ4v) is 2.44. The van der Waals surface area contributed by atoms with E-state index in [2.05, 4.69) is 43.5 Å². The molecule has 20 heavy (non-hydrogen) atoms. The molecule has 2 N–H and O–H groups in total. The molecule has 0 bridgehead atoms. The van der Waals surface area contributed by atoms with Gasteiger partial charge in [-0.05, 0) is 51.3 Å². The second-order valence-corrected chi connectivity index (χ2v) is 6.56. The second-order valence-electron chi connectivity index (χ2n) is 6.56. The highest BCUT2D eigenvalue weighted by Gasteiger charge is 2.28. The average Bonchev–Trinajstić information content (AvgIpc) is 3.15. The van der Waals surface area contributed by atoms with Crippen molar-refractivity contribution < 1.29 is 4.74 Å². The molecule has 1 aromatic carbocycles. The monoisotopic (exact) mass is 273 g/mol. The predicted octanol–water partition coefficient (Wildman–Crippen LogP) is 3.15. The van der Waals surface area contributed by atoms with Crippen molar-refractivity contribution in [2.45, 2.75) is 58.4 Å². The second kappa shape index (κ2) is 4.86. The van der Waals surface area contributed by atoms with Gasteiger partial charge in [0.25, 0.3) is 0 Å². The highest BCUT2D eigenvalue weighted by molar-refractivity contribution is 5.77. The maximum atomic E-state index is 5.91. The van der Waals surface area contributed by atoms with E-state index in [9.17, 15) is 0 Å². The standard InChI is InChI=1S/C16H23N3O/c1-16(2,3)20-10-15-18-13-8-11(9-17)4-7-14(13)19(15)12-5-6-12/h4,7-8,12H,5-6,9-10,17H2,1-3H3. The van der Waals surface area contributed by atoms with Gasteiger partial charge in [0, 0.05) is 12.6 Å². The molecule has 0 spiro atoms. The van der Waals surface area contributed by atoms with Gasteiger partial charge in [0.05, 0.1) is 16.6 Å². The summed E-state index contributed by atoms with van der Waals surface area (Å²) in [5.41, 5.74) is 8.94. The molecule has 0 unspecified atom stereocenters. The van der Waals surface area contributed by atoms with E-state index in [1.54, 1.807) is 0 Å². The number of imidazole rings is 1. The highest BCUT2D eigenvalue weighted by Crippen LogP contribution is 2.39. The number of nitrogens with two attached hydrogens (primary N) is 1. The summed E-state index contributed by atoms with van der Waals surface area (Å²) in [5.74, 6) is 1.03. The molecule has 4 heteroatoms. The van der Waals surface area contributed by atoms with Crippen LogP contribution in [0.4, 0.5) is 0 Å². The lowest BCUT2D eigenvalue weighted by atomic mass is 10.2. The number of nitrogens with zero attached hydrogens (tertiary/aromatic N) is 2. The molecule has 3 rings (SSSR count). The Morgan fingerprint density at radius 2 is 2.10 bits per heavy atom. The van der Waals surface area contributed by atoms with E-state index in [4.69, 9.17) is 15.5 Å². The minimum absolute atomic E-state index is 0.144. The van der Waals surface area contributed by atoms with Crippen molar-refractivity contribution >= 4 is 11.0 Å². The van der Waals surface area contributed by atoms with E-state index in [0.29, 0.717) is 19.2 Å². The Bertz CT molecular complexity index is 620. The van der Waals surface area contributed by atoms with Crippen molar-refractivity contribution in [1.82, 2.24) is 9.55 Å². The molecular weight excluding hydrogens is 250 g/mol. The topological polar surface area (TPSA) is 53.1 Å². The molecular formula is C16H23N3O. The van der Waals surface area contributed by atoms with Crippen LogP contribution in [-0.2, 0) is 17.9 Å². The van der Waals surface area contributed by atoms with E-state index in [-0.39, 0.29) is 5.60 Å². The largest absolute Gasteiger partial charge is 0.368 e. The minimum Gasteiger partial charge on any atom is -0.368 e. The molecule has 1 aromatic heterocycles. The van der Waals surface area contributed by atoms with Crippen LogP contribution in [0.3, 0.4) is 0 Å². The van der Waals surface area contributed by atoms with Gasteiger partial charge in [0.1, 0.15) is 12.4 Å². The number of hydrogen-bond donors (Lipinski definition) is 1. The van der Waals surface area contributed by atoms with Gasteiger partial charge in [-0.25, -0.2) is 4.98 Å². The van der Waals surface area contributed by atoms with E-state index in [1.807, 2.05) is 0 Å². The molecule has 0 amide bonds. The molecule has 2 aromatic rings. The smallest absolute Gasteiger partial charge is 0.136 e. The maximum absolute atomic E-state index is 5.91. The van der Waals surface area contributed by atoms with Crippen LogP contribution in [0.15, 0.2) is 18.2 Å². The van der Waals surface area contributed by atoms with Gasteiger partial charge >= 0.3 is 0 Å². The van der Waals surface area contributed by atoms with Gasteiger partial charge in [-0.15, -0.1) is 0 Å². The zero-order valence-electron chi connectivity index (χ0n) is 12.5. The Kier molecular flexibility index (Phi) is 3.30. The van der Waals surface area contributed by atoms with E-state index < -0.39 is 0 Å². The van der Waals surface area contributed by atoms with E-state index in [1.165, 1.54) is 18.4 Å². The fourth-order valence-electron chi connectivity index (χ4n) is 2.44. The van der Waals surface area contributed by atoms with Crippen LogP contribution >= 0.6 is 0 Å². The Hall–Kier alpha value is -1.39. The summed E-state index contributed by atoms with van der Waals surface area (Å²) in [6.07, 6.45) is 2.49. The first kappa shape index (κ1) is 13.6. The molecule has 1 heterocycles. The number of benzene rings is 1. The highest BCUT2D eigenvalue weighted by atomic mass is 16.5. The first-order chi connectivity index (χ1) is 9.48. The molecule has 108 valence electrons. The third-order valence-electron chi connectivity index (χ3n) is 3.61. The van der Waals surface area contributed by atoms with Crippen LogP contribution in [0.2, 0.25) is 0 Å². The average molecular weight is 273 g/mol. The van der Waals surface area contributed by atoms with Crippen LogP contribution in [0.5, 0.6) is 0 Å². The lowest BCUT2D eigenvalue weighted by molar-refractivity contribution is -0.0191. The van der Waals surface area contributed by atoms with Gasteiger partial charge in [0.15, 0.2) is 0 Å². The third-order valence-corrected chi connectivity index (χ3v) is 3.61. The van der Waals surface area contributed by atoms with Crippen LogP contribution in [0.1, 0.15) is 51.0 Å². The van der Waals surface area contributed by atoms with Gasteiger partial charge < -0.3 is 15.0 Å². The summed E-state index contributed by atoms with van der Waals surface area (Å²) >= 11 is 0. The quantitative estimate of drug-likeness (QED) is 0.931. The lowest BCUT2D eigenvalue weighted by Gasteiger charge is -2.19. The minimum atomic E-state index is -0.144. The van der Waals surface area contributed by atoms with Crippen molar-refractivity contribution in [3.63, 3.8) is 0 Å². The van der Waals surface area contributed by atoms with Gasteiger partial charge in [0.2, 0.25) is 0 Å². The van der Waals surface area contributed by atoms with Crippen LogP contribution in [0, 0.1) is 0 Å². The maximum Gasteiger partial charge on any atom is 0.136 e. The zero-order valence-corrected chi connectivity index (χ0v) is 12.5. The number of fused-ring (bicyclic) bond motifs is 1. The van der Waals surface area contributed by atoms with Crippen LogP contribution in [-0.4, -0.2) is 15.2 Å². The predicted molar refractivity (Wildman–Crippen MR) is 80.4 cm³/mol. The summed E-state index contributed by atoms with van der Waals surface area (Å²) in [4.78, 5) is 4.77. The molecule has 4 nitrogen and oxygen atoms in total. The van der Waals surface area contributed by atoms with Gasteiger partial charge in [-0.3, -0.25) is 0 Å². The number of ether oxygens (including phenoxy) is 1. The Labute approximate surface area is 119 Å². The summed E-state index contributed by atoms with van der Waals surface area (Å²) in [5, 5.41) is 0. The first-order valence-corrected chi connectivity index (χ1v) is 7.32. The molecule has 1 aliphatic carbocycles. The van der Waals surface area contributed by atoms with Crippen molar-refractivity contribution in [3.8, 4) is 0 Å². The van der Waals surface area contributed by atoms with Crippen molar-refractivity contribution in [2.24, 2.45) is 5.73 Å². The van der Waals surface area contributed by atoms with Gasteiger partial charge in [-0.2, -0.15) is 0 Å². The number of aromatic nitrogens is 2. The molecule has 1 saturated carbocycles. The SMILES string of the molecule is CC(C)(C)OCc1nc2cc(CN)ccc2n1C1CC1. The molecule has 1 fully saturated rings. The Balaban J connectivity index is 1.99. The fraction of sp³-hybridized carbons (Fsp3) is 0.562. The Morgan fingerprint density at radius 3 is 2.70 bits per heavy atom. The van der Waals surface area contributed by atoms with Crippen LogP contribution in [0.25, 0.3) is 11.0 Å². The normalized spacial score (nSPS) is 16.0. The first-order valence-electron chi connectivity index (χ1n) is 7.32. The summed E-state index contributed by atoms with van der Waals surface area (Å²) < 4.78 is 8.26. The van der Waals surface area contributed by atoms with E-state index >= 15 is 0 Å². The summed E-state index contributed by atoms with van der Waals surface area (Å²) in [6, 6.07) is 6.93. The lowest BCUT2D eigenvalue weighted by Crippen LogP contribution is -2.20. The molecule has 0 radical (unpaired) electrons. The number of hydrogen-bond acceptors (Lipinski definition) is 3. The Morgan fingerprint density at radius 1 is 1.35 bits per heavy atom. The van der Waals surface area contributed by atoms with Crippen molar-refractivity contribution in [2.75, 3.05) is 0 Å². The molecule has 0 saturated heterocycles. The van der Waals surface area contributed by atoms with Gasteiger partial charge in [-0.1, -0.05) is 6.07 Å².